The lowest BCUT2D eigenvalue weighted by Gasteiger charge is -2.36. The van der Waals surface area contributed by atoms with Crippen LogP contribution in [0, 0.1) is 0 Å². The van der Waals surface area contributed by atoms with Gasteiger partial charge in [0.25, 0.3) is 5.24 Å². The van der Waals surface area contributed by atoms with E-state index in [-0.39, 0.29) is 34.9 Å². The highest BCUT2D eigenvalue weighted by molar-refractivity contribution is 8.14. The highest BCUT2D eigenvalue weighted by Crippen LogP contribution is 2.30. The van der Waals surface area contributed by atoms with Gasteiger partial charge < -0.3 is 5.32 Å². The number of carbonyl (C=O) groups is 3. The fourth-order valence-electron chi connectivity index (χ4n) is 2.58. The van der Waals surface area contributed by atoms with Crippen LogP contribution in [0.1, 0.15) is 39.0 Å². The van der Waals surface area contributed by atoms with Gasteiger partial charge in [-0.2, -0.15) is 0 Å². The number of amides is 3. The van der Waals surface area contributed by atoms with Gasteiger partial charge >= 0.3 is 0 Å². The van der Waals surface area contributed by atoms with E-state index in [1.54, 1.807) is 6.92 Å². The maximum absolute atomic E-state index is 11.8. The number of nitrogens with one attached hydrogen (secondary N) is 1. The van der Waals surface area contributed by atoms with E-state index >= 15 is 0 Å². The van der Waals surface area contributed by atoms with E-state index in [1.807, 2.05) is 0 Å². The summed E-state index contributed by atoms with van der Waals surface area (Å²) in [7, 11) is 0. The Morgan fingerprint density at radius 3 is 2.72 bits per heavy atom. The van der Waals surface area contributed by atoms with Crippen LogP contribution in [-0.2, 0) is 9.59 Å². The SMILES string of the molecule is CCC(=O)NC1CCCCC1N1C(=O)CSC1=O. The Kier molecular flexibility index (Phi) is 4.27. The molecule has 6 heteroatoms. The first kappa shape index (κ1) is 13.4. The number of carbonyl (C=O) groups excluding carboxylic acids is 3. The van der Waals surface area contributed by atoms with Gasteiger partial charge in [0.15, 0.2) is 0 Å². The number of rotatable bonds is 3. The topological polar surface area (TPSA) is 66.5 Å². The molecule has 0 aromatic carbocycles. The summed E-state index contributed by atoms with van der Waals surface area (Å²) in [5.41, 5.74) is 0. The van der Waals surface area contributed by atoms with Gasteiger partial charge in [0, 0.05) is 12.5 Å². The first-order valence-electron chi connectivity index (χ1n) is 6.41. The molecule has 3 amide bonds. The van der Waals surface area contributed by atoms with Crippen molar-refractivity contribution in [3.8, 4) is 0 Å². The van der Waals surface area contributed by atoms with Gasteiger partial charge in [-0.1, -0.05) is 31.5 Å². The minimum Gasteiger partial charge on any atom is -0.351 e. The Bertz CT molecular complexity index is 356. The van der Waals surface area contributed by atoms with Crippen molar-refractivity contribution in [1.82, 2.24) is 10.2 Å². The quantitative estimate of drug-likeness (QED) is 0.844. The molecule has 5 nitrogen and oxygen atoms in total. The molecule has 2 atom stereocenters. The Labute approximate surface area is 111 Å². The number of imide groups is 1. The fraction of sp³-hybridized carbons (Fsp3) is 0.750. The monoisotopic (exact) mass is 270 g/mol. The lowest BCUT2D eigenvalue weighted by Crippen LogP contribution is -2.54. The smallest absolute Gasteiger partial charge is 0.289 e. The molecule has 1 heterocycles. The Morgan fingerprint density at radius 1 is 1.39 bits per heavy atom. The Balaban J connectivity index is 2.09. The van der Waals surface area contributed by atoms with Crippen molar-refractivity contribution < 1.29 is 14.4 Å². The van der Waals surface area contributed by atoms with Gasteiger partial charge in [0.1, 0.15) is 0 Å². The lowest BCUT2D eigenvalue weighted by molar-refractivity contribution is -0.129. The van der Waals surface area contributed by atoms with Crippen molar-refractivity contribution in [2.45, 2.75) is 51.1 Å². The van der Waals surface area contributed by atoms with Crippen LogP contribution in [0.4, 0.5) is 4.79 Å². The molecule has 1 saturated heterocycles. The van der Waals surface area contributed by atoms with Crippen LogP contribution in [0.2, 0.25) is 0 Å². The summed E-state index contributed by atoms with van der Waals surface area (Å²) in [5.74, 6) is 0.107. The summed E-state index contributed by atoms with van der Waals surface area (Å²) in [4.78, 5) is 36.4. The molecule has 0 aromatic heterocycles. The zero-order chi connectivity index (χ0) is 13.1. The molecular weight excluding hydrogens is 252 g/mol. The van der Waals surface area contributed by atoms with Gasteiger partial charge in [-0.15, -0.1) is 0 Å². The standard InChI is InChI=1S/C12H18N2O3S/c1-2-10(15)13-8-5-3-4-6-9(8)14-11(16)7-18-12(14)17/h8-9H,2-7H2,1H3,(H,13,15). The zero-order valence-corrected chi connectivity index (χ0v) is 11.3. The summed E-state index contributed by atoms with van der Waals surface area (Å²) in [5, 5.41) is 2.78. The molecule has 1 aliphatic heterocycles. The predicted molar refractivity (Wildman–Crippen MR) is 69.2 cm³/mol. The molecule has 0 radical (unpaired) electrons. The molecular formula is C12H18N2O3S. The molecule has 100 valence electrons. The van der Waals surface area contributed by atoms with Gasteiger partial charge in [-0.05, 0) is 12.8 Å². The first-order chi connectivity index (χ1) is 8.63. The van der Waals surface area contributed by atoms with E-state index in [2.05, 4.69) is 5.32 Å². The van der Waals surface area contributed by atoms with E-state index in [4.69, 9.17) is 0 Å². The van der Waals surface area contributed by atoms with E-state index < -0.39 is 0 Å². The van der Waals surface area contributed by atoms with E-state index in [9.17, 15) is 14.4 Å². The van der Waals surface area contributed by atoms with Gasteiger partial charge in [-0.25, -0.2) is 0 Å². The molecule has 0 bridgehead atoms. The normalized spacial score (nSPS) is 28.6. The molecule has 2 unspecified atom stereocenters. The maximum atomic E-state index is 11.8. The molecule has 0 aromatic rings. The molecule has 1 N–H and O–H groups in total. The molecule has 1 saturated carbocycles. The van der Waals surface area contributed by atoms with Crippen molar-refractivity contribution in [2.24, 2.45) is 0 Å². The molecule has 0 spiro atoms. The Morgan fingerprint density at radius 2 is 2.11 bits per heavy atom. The average Bonchev–Trinajstić information content (AvgIpc) is 2.70. The third-order valence-corrected chi connectivity index (χ3v) is 4.35. The van der Waals surface area contributed by atoms with Gasteiger partial charge in [0.2, 0.25) is 11.8 Å². The van der Waals surface area contributed by atoms with Crippen molar-refractivity contribution in [2.75, 3.05) is 5.75 Å². The lowest BCUT2D eigenvalue weighted by atomic mass is 9.89. The number of thioether (sulfide) groups is 1. The van der Waals surface area contributed by atoms with Crippen LogP contribution < -0.4 is 5.32 Å². The van der Waals surface area contributed by atoms with Crippen LogP contribution >= 0.6 is 11.8 Å². The van der Waals surface area contributed by atoms with Crippen LogP contribution in [0.3, 0.4) is 0 Å². The van der Waals surface area contributed by atoms with E-state index in [0.29, 0.717) is 6.42 Å². The second-order valence-corrected chi connectivity index (χ2v) is 5.62. The fourth-order valence-corrected chi connectivity index (χ4v) is 3.34. The number of hydrogen-bond acceptors (Lipinski definition) is 4. The average molecular weight is 270 g/mol. The molecule has 18 heavy (non-hydrogen) atoms. The highest BCUT2D eigenvalue weighted by Gasteiger charge is 2.40. The van der Waals surface area contributed by atoms with Crippen LogP contribution in [0.25, 0.3) is 0 Å². The third kappa shape index (κ3) is 2.68. The zero-order valence-electron chi connectivity index (χ0n) is 10.5. The first-order valence-corrected chi connectivity index (χ1v) is 7.40. The minimum absolute atomic E-state index is 0.0151. The number of hydrogen-bond donors (Lipinski definition) is 1. The number of nitrogens with zero attached hydrogens (tertiary/aromatic N) is 1. The summed E-state index contributed by atoms with van der Waals surface area (Å²) >= 11 is 1.06. The maximum Gasteiger partial charge on any atom is 0.289 e. The van der Waals surface area contributed by atoms with Gasteiger partial charge in [0.05, 0.1) is 11.8 Å². The van der Waals surface area contributed by atoms with E-state index in [1.165, 1.54) is 4.90 Å². The summed E-state index contributed by atoms with van der Waals surface area (Å²) < 4.78 is 0. The molecule has 2 fully saturated rings. The summed E-state index contributed by atoms with van der Waals surface area (Å²) in [6, 6.07) is -0.220. The third-order valence-electron chi connectivity index (χ3n) is 3.51. The molecule has 2 aliphatic rings. The highest BCUT2D eigenvalue weighted by atomic mass is 32.2. The van der Waals surface area contributed by atoms with Crippen LogP contribution in [-0.4, -0.2) is 39.8 Å². The molecule has 1 aliphatic carbocycles. The summed E-state index contributed by atoms with van der Waals surface area (Å²) in [6.45, 7) is 1.80. The van der Waals surface area contributed by atoms with E-state index in [0.717, 1.165) is 37.4 Å². The van der Waals surface area contributed by atoms with Gasteiger partial charge in [-0.3, -0.25) is 19.3 Å². The summed E-state index contributed by atoms with van der Waals surface area (Å²) in [6.07, 6.45) is 4.12. The van der Waals surface area contributed by atoms with Crippen LogP contribution in [0.5, 0.6) is 0 Å². The molecule has 2 rings (SSSR count). The second-order valence-electron chi connectivity index (χ2n) is 4.70. The predicted octanol–water partition coefficient (Wildman–Crippen LogP) is 1.52. The van der Waals surface area contributed by atoms with Crippen molar-refractivity contribution >= 4 is 28.8 Å². The van der Waals surface area contributed by atoms with Crippen molar-refractivity contribution in [1.29, 1.82) is 0 Å². The largest absolute Gasteiger partial charge is 0.351 e. The van der Waals surface area contributed by atoms with Crippen molar-refractivity contribution in [3.05, 3.63) is 0 Å². The second kappa shape index (κ2) is 5.73. The van der Waals surface area contributed by atoms with Crippen molar-refractivity contribution in [3.63, 3.8) is 0 Å². The van der Waals surface area contributed by atoms with Crippen LogP contribution in [0.15, 0.2) is 0 Å². The minimum atomic E-state index is -0.164. The Hall–Kier alpha value is -1.04.